The fraction of sp³-hybridized carbons (Fsp3) is 0.200. The lowest BCUT2D eigenvalue weighted by Gasteiger charge is -2.04. The summed E-state index contributed by atoms with van der Waals surface area (Å²) in [5, 5.41) is 9.06. The molecule has 0 radical (unpaired) electrons. The van der Waals surface area contributed by atoms with E-state index in [1.807, 2.05) is 0 Å². The Morgan fingerprint density at radius 3 is 2.53 bits per heavy atom. The van der Waals surface area contributed by atoms with Crippen molar-refractivity contribution in [1.29, 1.82) is 0 Å². The van der Waals surface area contributed by atoms with E-state index >= 15 is 0 Å². The smallest absolute Gasteiger partial charge is 0.335 e. The summed E-state index contributed by atoms with van der Waals surface area (Å²) in [4.78, 5) is 21.9. The fourth-order valence-corrected chi connectivity index (χ4v) is 1.69. The molecule has 0 aliphatic carbocycles. The molecule has 15 heavy (non-hydrogen) atoms. The summed E-state index contributed by atoms with van der Waals surface area (Å²) in [6, 6.07) is 4.64. The van der Waals surface area contributed by atoms with E-state index < -0.39 is 5.97 Å². The minimum atomic E-state index is -0.991. The molecule has 0 saturated heterocycles. The van der Waals surface area contributed by atoms with Crippen LogP contribution < -0.4 is 0 Å². The quantitative estimate of drug-likeness (QED) is 0.861. The van der Waals surface area contributed by atoms with E-state index in [2.05, 4.69) is 31.9 Å². The highest BCUT2D eigenvalue weighted by Gasteiger charge is 2.09. The van der Waals surface area contributed by atoms with Crippen molar-refractivity contribution in [2.75, 3.05) is 5.33 Å². The molecule has 1 aromatic carbocycles. The monoisotopic (exact) mass is 334 g/mol. The predicted octanol–water partition coefficient (Wildman–Crippen LogP) is 2.65. The number of hydrogen-bond donors (Lipinski definition) is 1. The number of halogens is 2. The first kappa shape index (κ1) is 12.4. The Kier molecular flexibility index (Phi) is 4.47. The maximum absolute atomic E-state index is 11.2. The van der Waals surface area contributed by atoms with Gasteiger partial charge in [-0.05, 0) is 23.8 Å². The van der Waals surface area contributed by atoms with Gasteiger partial charge in [-0.1, -0.05) is 31.9 Å². The first-order valence-corrected chi connectivity index (χ1v) is 6.05. The Morgan fingerprint density at radius 1 is 1.33 bits per heavy atom. The van der Waals surface area contributed by atoms with Crippen molar-refractivity contribution in [2.45, 2.75) is 6.42 Å². The van der Waals surface area contributed by atoms with Gasteiger partial charge in [0.05, 0.1) is 10.9 Å². The van der Waals surface area contributed by atoms with Gasteiger partial charge >= 0.3 is 5.97 Å². The summed E-state index contributed by atoms with van der Waals surface area (Å²) in [5.41, 5.74) is 0.884. The molecule has 0 heterocycles. The molecule has 0 bridgehead atoms. The highest BCUT2D eigenvalue weighted by Crippen LogP contribution is 2.19. The third-order valence-electron chi connectivity index (χ3n) is 1.83. The van der Waals surface area contributed by atoms with Crippen LogP contribution in [0.2, 0.25) is 0 Å². The topological polar surface area (TPSA) is 54.4 Å². The third-order valence-corrected chi connectivity index (χ3v) is 3.23. The highest BCUT2D eigenvalue weighted by atomic mass is 79.9. The first-order chi connectivity index (χ1) is 7.04. The van der Waals surface area contributed by atoms with Crippen LogP contribution in [0, 0.1) is 0 Å². The molecular weight excluding hydrogens is 328 g/mol. The van der Waals surface area contributed by atoms with Crippen molar-refractivity contribution in [3.63, 3.8) is 0 Å². The van der Waals surface area contributed by atoms with E-state index in [1.54, 1.807) is 6.07 Å². The minimum absolute atomic E-state index is 0.0123. The van der Waals surface area contributed by atoms with Crippen LogP contribution in [0.5, 0.6) is 0 Å². The standard InChI is InChI=1S/C10H8Br2O3/c11-5-8(13)4-7-3-6(10(14)15)1-2-9(7)12/h1-3H,4-5H2,(H,14,15). The van der Waals surface area contributed by atoms with Crippen molar-refractivity contribution in [3.05, 3.63) is 33.8 Å². The molecule has 5 heteroatoms. The molecular formula is C10H8Br2O3. The van der Waals surface area contributed by atoms with Gasteiger partial charge in [-0.2, -0.15) is 0 Å². The fourth-order valence-electron chi connectivity index (χ4n) is 1.10. The molecule has 0 aliphatic rings. The van der Waals surface area contributed by atoms with Crippen molar-refractivity contribution < 1.29 is 14.7 Å². The molecule has 0 atom stereocenters. The predicted molar refractivity (Wildman–Crippen MR) is 63.6 cm³/mol. The van der Waals surface area contributed by atoms with E-state index in [4.69, 9.17) is 5.11 Å². The lowest BCUT2D eigenvalue weighted by Crippen LogP contribution is -2.06. The lowest BCUT2D eigenvalue weighted by molar-refractivity contribution is -0.115. The normalized spacial score (nSPS) is 10.0. The Balaban J connectivity index is 3.00. The first-order valence-electron chi connectivity index (χ1n) is 4.14. The molecule has 0 amide bonds. The molecule has 80 valence electrons. The third kappa shape index (κ3) is 3.43. The molecule has 0 unspecified atom stereocenters. The van der Waals surface area contributed by atoms with Crippen LogP contribution in [-0.4, -0.2) is 22.2 Å². The Labute approximate surface area is 104 Å². The summed E-state index contributed by atoms with van der Waals surface area (Å²) in [6.07, 6.45) is 0.229. The number of Topliss-reactive ketones (excluding diaryl/α,β-unsaturated/α-hetero) is 1. The van der Waals surface area contributed by atoms with Gasteiger partial charge in [0.1, 0.15) is 5.78 Å². The van der Waals surface area contributed by atoms with Gasteiger partial charge in [0.2, 0.25) is 0 Å². The van der Waals surface area contributed by atoms with Crippen molar-refractivity contribution >= 4 is 43.6 Å². The van der Waals surface area contributed by atoms with Crippen LogP contribution >= 0.6 is 31.9 Å². The van der Waals surface area contributed by atoms with E-state index in [0.717, 1.165) is 4.47 Å². The number of rotatable bonds is 4. The number of alkyl halides is 1. The lowest BCUT2D eigenvalue weighted by atomic mass is 10.1. The number of benzene rings is 1. The number of ketones is 1. The van der Waals surface area contributed by atoms with Gasteiger partial charge in [-0.25, -0.2) is 4.79 Å². The summed E-state index contributed by atoms with van der Waals surface area (Å²) in [6.45, 7) is 0. The van der Waals surface area contributed by atoms with Crippen LogP contribution in [0.4, 0.5) is 0 Å². The number of hydrogen-bond acceptors (Lipinski definition) is 2. The molecule has 1 aromatic rings. The maximum atomic E-state index is 11.2. The number of carbonyl (C=O) groups is 2. The van der Waals surface area contributed by atoms with Crippen LogP contribution in [0.25, 0.3) is 0 Å². The van der Waals surface area contributed by atoms with E-state index in [-0.39, 0.29) is 23.1 Å². The minimum Gasteiger partial charge on any atom is -0.478 e. The zero-order chi connectivity index (χ0) is 11.4. The molecule has 0 aliphatic heterocycles. The van der Waals surface area contributed by atoms with E-state index in [0.29, 0.717) is 5.56 Å². The van der Waals surface area contributed by atoms with E-state index in [1.165, 1.54) is 12.1 Å². The van der Waals surface area contributed by atoms with Gasteiger partial charge in [0, 0.05) is 10.9 Å². The molecule has 3 nitrogen and oxygen atoms in total. The Morgan fingerprint density at radius 2 is 2.00 bits per heavy atom. The second-order valence-corrected chi connectivity index (χ2v) is 4.38. The Bertz CT molecular complexity index is 402. The summed E-state index contributed by atoms with van der Waals surface area (Å²) in [7, 11) is 0. The van der Waals surface area contributed by atoms with Crippen LogP contribution in [0.3, 0.4) is 0 Å². The van der Waals surface area contributed by atoms with Gasteiger partial charge in [-0.15, -0.1) is 0 Å². The Hall–Kier alpha value is -0.680. The van der Waals surface area contributed by atoms with Crippen molar-refractivity contribution in [3.8, 4) is 0 Å². The SMILES string of the molecule is O=C(CBr)Cc1cc(C(=O)O)ccc1Br. The van der Waals surface area contributed by atoms with Gasteiger partial charge in [-0.3, -0.25) is 4.79 Å². The average molecular weight is 336 g/mol. The van der Waals surface area contributed by atoms with Gasteiger partial charge in [0.25, 0.3) is 0 Å². The van der Waals surface area contributed by atoms with E-state index in [9.17, 15) is 9.59 Å². The number of carboxylic acid groups (broad SMARTS) is 1. The van der Waals surface area contributed by atoms with Crippen molar-refractivity contribution in [1.82, 2.24) is 0 Å². The largest absolute Gasteiger partial charge is 0.478 e. The molecule has 0 spiro atoms. The second kappa shape index (κ2) is 5.42. The molecule has 0 fully saturated rings. The molecule has 1 rings (SSSR count). The van der Waals surface area contributed by atoms with Gasteiger partial charge < -0.3 is 5.11 Å². The summed E-state index contributed by atoms with van der Waals surface area (Å²) in [5.74, 6) is -0.978. The zero-order valence-electron chi connectivity index (χ0n) is 7.67. The molecule has 0 saturated carbocycles. The van der Waals surface area contributed by atoms with Gasteiger partial charge in [0.15, 0.2) is 0 Å². The van der Waals surface area contributed by atoms with Crippen LogP contribution in [-0.2, 0) is 11.2 Å². The molecule has 0 aromatic heterocycles. The number of aromatic carboxylic acids is 1. The van der Waals surface area contributed by atoms with Crippen LogP contribution in [0.1, 0.15) is 15.9 Å². The zero-order valence-corrected chi connectivity index (χ0v) is 10.8. The summed E-state index contributed by atoms with van der Waals surface area (Å²) >= 11 is 6.34. The number of carbonyl (C=O) groups excluding carboxylic acids is 1. The van der Waals surface area contributed by atoms with Crippen LogP contribution in [0.15, 0.2) is 22.7 Å². The molecule has 1 N–H and O–H groups in total. The second-order valence-electron chi connectivity index (χ2n) is 2.96. The van der Waals surface area contributed by atoms with Crippen molar-refractivity contribution in [2.24, 2.45) is 0 Å². The highest BCUT2D eigenvalue weighted by molar-refractivity contribution is 9.10. The maximum Gasteiger partial charge on any atom is 0.335 e. The average Bonchev–Trinajstić information content (AvgIpc) is 2.20. The summed E-state index contributed by atoms with van der Waals surface area (Å²) < 4.78 is 0.752. The number of carboxylic acids is 1.